The van der Waals surface area contributed by atoms with Crippen molar-refractivity contribution >= 4 is 43.5 Å². The first-order chi connectivity index (χ1) is 8.59. The maximum absolute atomic E-state index is 12.3. The van der Waals surface area contributed by atoms with Gasteiger partial charge in [0.05, 0.1) is 15.5 Å². The highest BCUT2D eigenvalue weighted by Crippen LogP contribution is 2.31. The van der Waals surface area contributed by atoms with Gasteiger partial charge in [-0.15, -0.1) is 0 Å². The van der Waals surface area contributed by atoms with Crippen LogP contribution in [0.4, 0.5) is 0 Å². The van der Waals surface area contributed by atoms with Crippen LogP contribution in [0.2, 0.25) is 5.02 Å². The Kier molecular flexibility index (Phi) is 5.00. The van der Waals surface area contributed by atoms with Gasteiger partial charge < -0.3 is 5.11 Å². The largest absolute Gasteiger partial charge is 0.478 e. The van der Waals surface area contributed by atoms with E-state index >= 15 is 0 Å². The van der Waals surface area contributed by atoms with Crippen molar-refractivity contribution in [1.29, 1.82) is 0 Å². The van der Waals surface area contributed by atoms with E-state index in [9.17, 15) is 13.2 Å². The van der Waals surface area contributed by atoms with E-state index in [1.807, 2.05) is 0 Å². The number of carbonyl (C=O) groups is 1. The third-order valence-corrected chi connectivity index (χ3v) is 5.91. The van der Waals surface area contributed by atoms with Gasteiger partial charge in [-0.1, -0.05) is 11.6 Å². The number of carboxylic acid groups (broad SMARTS) is 1. The zero-order chi connectivity index (χ0) is 15.0. The third-order valence-electron chi connectivity index (χ3n) is 2.64. The fourth-order valence-corrected chi connectivity index (χ4v) is 3.54. The molecule has 0 unspecified atom stereocenters. The van der Waals surface area contributed by atoms with Gasteiger partial charge >= 0.3 is 5.97 Å². The highest BCUT2D eigenvalue weighted by atomic mass is 79.9. The first-order valence-corrected chi connectivity index (χ1v) is 7.90. The zero-order valence-corrected chi connectivity index (χ0v) is 13.7. The molecule has 0 saturated carbocycles. The summed E-state index contributed by atoms with van der Waals surface area (Å²) in [7, 11) is -2.32. The summed E-state index contributed by atoms with van der Waals surface area (Å²) in [4.78, 5) is 10.9. The topological polar surface area (TPSA) is 74.7 Å². The van der Waals surface area contributed by atoms with Crippen molar-refractivity contribution in [2.24, 2.45) is 0 Å². The van der Waals surface area contributed by atoms with E-state index in [4.69, 9.17) is 16.7 Å². The molecule has 1 rings (SSSR count). The summed E-state index contributed by atoms with van der Waals surface area (Å²) in [6.45, 7) is 3.45. The number of nitrogens with zero attached hydrogens (tertiary/aromatic N) is 1. The lowest BCUT2D eigenvalue weighted by molar-refractivity contribution is 0.0696. The maximum atomic E-state index is 12.3. The lowest BCUT2D eigenvalue weighted by Gasteiger charge is -2.21. The Balaban J connectivity index is 3.49. The minimum absolute atomic E-state index is 0.0290. The van der Waals surface area contributed by atoms with Gasteiger partial charge in [-0.2, -0.15) is 4.31 Å². The SMILES string of the molecule is CC(C)N(C)S(=O)(=O)c1cc(Br)c(Cl)c(C(=O)O)c1. The summed E-state index contributed by atoms with van der Waals surface area (Å²) < 4.78 is 25.9. The average Bonchev–Trinajstić information content (AvgIpc) is 2.30. The van der Waals surface area contributed by atoms with Crippen molar-refractivity contribution in [3.8, 4) is 0 Å². The van der Waals surface area contributed by atoms with Crippen molar-refractivity contribution in [3.63, 3.8) is 0 Å². The Morgan fingerprint density at radius 3 is 2.37 bits per heavy atom. The molecule has 0 aliphatic rings. The fraction of sp³-hybridized carbons (Fsp3) is 0.364. The second kappa shape index (κ2) is 5.78. The number of carboxylic acids is 1. The number of hydrogen-bond donors (Lipinski definition) is 1. The van der Waals surface area contributed by atoms with Crippen molar-refractivity contribution in [1.82, 2.24) is 4.31 Å². The molecule has 1 N–H and O–H groups in total. The molecule has 0 atom stereocenters. The average molecular weight is 371 g/mol. The van der Waals surface area contributed by atoms with E-state index in [0.29, 0.717) is 0 Å². The van der Waals surface area contributed by atoms with Gasteiger partial charge in [-0.3, -0.25) is 0 Å². The third kappa shape index (κ3) is 3.28. The summed E-state index contributed by atoms with van der Waals surface area (Å²) >= 11 is 8.88. The normalized spacial score (nSPS) is 12.2. The molecule has 106 valence electrons. The number of sulfonamides is 1. The predicted molar refractivity (Wildman–Crippen MR) is 76.2 cm³/mol. The van der Waals surface area contributed by atoms with Gasteiger partial charge in [0, 0.05) is 17.6 Å². The standard InChI is InChI=1S/C11H13BrClNO4S/c1-6(2)14(3)19(17,18)7-4-8(11(15)16)10(13)9(12)5-7/h4-6H,1-3H3,(H,15,16). The predicted octanol–water partition coefficient (Wildman–Crippen LogP) is 2.83. The monoisotopic (exact) mass is 369 g/mol. The molecule has 5 nitrogen and oxygen atoms in total. The van der Waals surface area contributed by atoms with Crippen molar-refractivity contribution < 1.29 is 18.3 Å². The molecule has 0 spiro atoms. The van der Waals surface area contributed by atoms with E-state index in [1.54, 1.807) is 13.8 Å². The Labute approximate surface area is 125 Å². The van der Waals surface area contributed by atoms with Gasteiger partial charge in [0.1, 0.15) is 0 Å². The van der Waals surface area contributed by atoms with Crippen molar-refractivity contribution in [3.05, 3.63) is 27.2 Å². The lowest BCUT2D eigenvalue weighted by atomic mass is 10.2. The van der Waals surface area contributed by atoms with Gasteiger partial charge in [-0.25, -0.2) is 13.2 Å². The number of aromatic carboxylic acids is 1. The highest BCUT2D eigenvalue weighted by Gasteiger charge is 2.26. The van der Waals surface area contributed by atoms with Crippen LogP contribution in [0, 0.1) is 0 Å². The molecule has 1 aromatic carbocycles. The molecule has 1 aromatic rings. The molecular weight excluding hydrogens is 358 g/mol. The molecule has 0 fully saturated rings. The van der Waals surface area contributed by atoms with E-state index < -0.39 is 16.0 Å². The minimum atomic E-state index is -3.75. The molecule has 19 heavy (non-hydrogen) atoms. The van der Waals surface area contributed by atoms with Crippen LogP contribution in [-0.4, -0.2) is 36.9 Å². The molecule has 0 aromatic heterocycles. The molecule has 0 bridgehead atoms. The Bertz CT molecular complexity index is 615. The van der Waals surface area contributed by atoms with Gasteiger partial charge in [0.15, 0.2) is 0 Å². The molecular formula is C11H13BrClNO4S. The number of halogens is 2. The summed E-state index contributed by atoms with van der Waals surface area (Å²) in [5.74, 6) is -1.28. The van der Waals surface area contributed by atoms with Gasteiger partial charge in [0.25, 0.3) is 0 Å². The van der Waals surface area contributed by atoms with Gasteiger partial charge in [-0.05, 0) is 41.9 Å². The van der Waals surface area contributed by atoms with Crippen LogP contribution in [0.15, 0.2) is 21.5 Å². The van der Waals surface area contributed by atoms with Crippen LogP contribution in [0.5, 0.6) is 0 Å². The number of benzene rings is 1. The van der Waals surface area contributed by atoms with E-state index in [-0.39, 0.29) is 26.0 Å². The van der Waals surface area contributed by atoms with Gasteiger partial charge in [0.2, 0.25) is 10.0 Å². The van der Waals surface area contributed by atoms with Crippen LogP contribution in [0.1, 0.15) is 24.2 Å². The first-order valence-electron chi connectivity index (χ1n) is 5.29. The maximum Gasteiger partial charge on any atom is 0.337 e. The smallest absolute Gasteiger partial charge is 0.337 e. The summed E-state index contributed by atoms with van der Waals surface area (Å²) in [6, 6.07) is 2.11. The highest BCUT2D eigenvalue weighted by molar-refractivity contribution is 9.10. The summed E-state index contributed by atoms with van der Waals surface area (Å²) in [5, 5.41) is 8.99. The second-order valence-electron chi connectivity index (χ2n) is 4.19. The van der Waals surface area contributed by atoms with Crippen LogP contribution < -0.4 is 0 Å². The number of rotatable bonds is 4. The molecule has 0 aliphatic carbocycles. The zero-order valence-electron chi connectivity index (χ0n) is 10.5. The van der Waals surface area contributed by atoms with E-state index in [1.165, 1.54) is 13.1 Å². The van der Waals surface area contributed by atoms with Crippen LogP contribution in [0.3, 0.4) is 0 Å². The molecule has 0 aliphatic heterocycles. The number of hydrogen-bond acceptors (Lipinski definition) is 3. The van der Waals surface area contributed by atoms with E-state index in [2.05, 4.69) is 15.9 Å². The second-order valence-corrected chi connectivity index (χ2v) is 7.42. The van der Waals surface area contributed by atoms with Crippen LogP contribution >= 0.6 is 27.5 Å². The van der Waals surface area contributed by atoms with Crippen molar-refractivity contribution in [2.75, 3.05) is 7.05 Å². The molecule has 8 heteroatoms. The fourth-order valence-electron chi connectivity index (χ4n) is 1.31. The molecule has 0 radical (unpaired) electrons. The minimum Gasteiger partial charge on any atom is -0.478 e. The Hall–Kier alpha value is -0.630. The summed E-state index contributed by atoms with van der Waals surface area (Å²) in [6.07, 6.45) is 0. The summed E-state index contributed by atoms with van der Waals surface area (Å²) in [5.41, 5.74) is -0.258. The van der Waals surface area contributed by atoms with Crippen molar-refractivity contribution in [2.45, 2.75) is 24.8 Å². The molecule has 0 saturated heterocycles. The van der Waals surface area contributed by atoms with E-state index in [0.717, 1.165) is 10.4 Å². The quantitative estimate of drug-likeness (QED) is 0.884. The van der Waals surface area contributed by atoms with Crippen LogP contribution in [0.25, 0.3) is 0 Å². The lowest BCUT2D eigenvalue weighted by Crippen LogP contribution is -2.33. The Morgan fingerprint density at radius 2 is 1.95 bits per heavy atom. The Morgan fingerprint density at radius 1 is 1.42 bits per heavy atom. The first kappa shape index (κ1) is 16.4. The molecule has 0 heterocycles. The van der Waals surface area contributed by atoms with Crippen LogP contribution in [-0.2, 0) is 10.0 Å². The molecule has 0 amide bonds.